The number of piperidine rings is 1. The number of hydrogen-bond acceptors (Lipinski definition) is 9. The number of nitrogens with two attached hydrogens (primary N) is 1. The number of benzene rings is 2. The molecule has 5 aromatic rings. The molecule has 1 saturated heterocycles. The molecular formula is C30H29FN8O3S. The Kier molecular flexibility index (Phi) is 8.07. The maximum absolute atomic E-state index is 14.4. The van der Waals surface area contributed by atoms with Crippen molar-refractivity contribution >= 4 is 27.8 Å². The van der Waals surface area contributed by atoms with Crippen molar-refractivity contribution in [1.29, 1.82) is 0 Å². The number of nitrogens with zero attached hydrogens (tertiary/aromatic N) is 7. The molecule has 0 amide bonds. The van der Waals surface area contributed by atoms with Crippen LogP contribution in [0.25, 0.3) is 22.3 Å². The van der Waals surface area contributed by atoms with Gasteiger partial charge in [0.25, 0.3) is 0 Å². The highest BCUT2D eigenvalue weighted by atomic mass is 32.2. The van der Waals surface area contributed by atoms with Crippen molar-refractivity contribution in [2.45, 2.75) is 32.4 Å². The van der Waals surface area contributed by atoms with Crippen LogP contribution < -0.4 is 15.2 Å². The van der Waals surface area contributed by atoms with Crippen LogP contribution in [0.2, 0.25) is 0 Å². The minimum Gasteiger partial charge on any atom is -0.489 e. The number of rotatable bonds is 9. The highest BCUT2D eigenvalue weighted by molar-refractivity contribution is 7.85. The Morgan fingerprint density at radius 2 is 1.86 bits per heavy atom. The quantitative estimate of drug-likeness (QED) is 0.244. The average Bonchev–Trinajstić information content (AvgIpc) is 3.42. The van der Waals surface area contributed by atoms with E-state index in [1.54, 1.807) is 37.5 Å². The number of hydrogen-bond donors (Lipinski definition) is 1. The smallest absolute Gasteiger partial charge is 0.164 e. The molecule has 11 nitrogen and oxygen atoms in total. The molecule has 1 aliphatic rings. The van der Waals surface area contributed by atoms with Crippen LogP contribution in [0.5, 0.6) is 17.2 Å². The summed E-state index contributed by atoms with van der Waals surface area (Å²) in [5.74, 6) is 1.59. The minimum absolute atomic E-state index is 0.0475. The topological polar surface area (TPSA) is 134 Å². The van der Waals surface area contributed by atoms with Crippen LogP contribution in [0, 0.1) is 12.7 Å². The fraction of sp³-hybridized carbons (Fsp3) is 0.233. The molecule has 2 unspecified atom stereocenters. The molecule has 0 saturated carbocycles. The first-order valence-electron chi connectivity index (χ1n) is 13.6. The molecule has 6 rings (SSSR count). The zero-order valence-electron chi connectivity index (χ0n) is 23.4. The Morgan fingerprint density at radius 1 is 1.09 bits per heavy atom. The molecule has 2 aromatic carbocycles. The standard InChI is InChI=1S/C30H29FN8O3S/c1-3-43(40)38-10-4-5-23(16-38)39-30-27(29(32)35-18-36-30)28(37-39)21-6-8-24(9-7-21)42-26-12-22(31)11-25(13-26)41-17-20-14-33-19(2)34-15-20/h3,6-9,11-15,18,23H,1,4-5,10,16-17H2,2H3,(H2,32,35,36). The van der Waals surface area contributed by atoms with E-state index >= 15 is 0 Å². The van der Waals surface area contributed by atoms with Gasteiger partial charge in [-0.3, -0.25) is 0 Å². The van der Waals surface area contributed by atoms with Crippen LogP contribution in [0.3, 0.4) is 0 Å². The van der Waals surface area contributed by atoms with E-state index in [2.05, 4.69) is 26.5 Å². The molecule has 0 bridgehead atoms. The largest absolute Gasteiger partial charge is 0.489 e. The summed E-state index contributed by atoms with van der Waals surface area (Å²) < 4.78 is 42.2. The lowest BCUT2D eigenvalue weighted by Gasteiger charge is -2.30. The molecule has 220 valence electrons. The lowest BCUT2D eigenvalue weighted by Crippen LogP contribution is -2.37. The van der Waals surface area contributed by atoms with Gasteiger partial charge >= 0.3 is 0 Å². The molecule has 2 N–H and O–H groups in total. The molecule has 4 heterocycles. The van der Waals surface area contributed by atoms with Gasteiger partial charge in [-0.05, 0) is 44.0 Å². The number of nitrogen functional groups attached to an aromatic ring is 1. The van der Waals surface area contributed by atoms with Gasteiger partial charge in [-0.1, -0.05) is 6.58 Å². The third kappa shape index (κ3) is 6.22. The van der Waals surface area contributed by atoms with E-state index < -0.39 is 16.8 Å². The van der Waals surface area contributed by atoms with E-state index in [1.165, 1.54) is 23.9 Å². The van der Waals surface area contributed by atoms with Gasteiger partial charge in [0.2, 0.25) is 0 Å². The molecule has 1 fully saturated rings. The lowest BCUT2D eigenvalue weighted by molar-refractivity contribution is 0.268. The van der Waals surface area contributed by atoms with Crippen LogP contribution >= 0.6 is 0 Å². The normalized spacial score (nSPS) is 16.2. The molecular weight excluding hydrogens is 571 g/mol. The lowest BCUT2D eigenvalue weighted by atomic mass is 10.1. The van der Waals surface area contributed by atoms with Crippen molar-refractivity contribution in [2.75, 3.05) is 18.8 Å². The van der Waals surface area contributed by atoms with E-state index in [-0.39, 0.29) is 18.4 Å². The van der Waals surface area contributed by atoms with Crippen molar-refractivity contribution in [1.82, 2.24) is 34.0 Å². The SMILES string of the molecule is C=CS(=O)N1CCCC(n2nc(-c3ccc(Oc4cc(F)cc(OCc5cnc(C)nc5)c4)cc3)c3c(N)ncnc32)C1. The van der Waals surface area contributed by atoms with E-state index in [4.69, 9.17) is 20.3 Å². The van der Waals surface area contributed by atoms with Crippen LogP contribution in [0.4, 0.5) is 10.2 Å². The first-order valence-corrected chi connectivity index (χ1v) is 14.8. The second-order valence-corrected chi connectivity index (χ2v) is 11.5. The molecule has 1 aliphatic heterocycles. The summed E-state index contributed by atoms with van der Waals surface area (Å²) in [7, 11) is -1.26. The molecule has 3 aromatic heterocycles. The van der Waals surface area contributed by atoms with Crippen molar-refractivity contribution < 1.29 is 18.1 Å². The molecule has 0 radical (unpaired) electrons. The first-order chi connectivity index (χ1) is 20.9. The third-order valence-electron chi connectivity index (χ3n) is 7.07. The summed E-state index contributed by atoms with van der Waals surface area (Å²) in [6, 6.07) is 11.4. The van der Waals surface area contributed by atoms with Gasteiger partial charge in [0, 0.05) is 60.2 Å². The van der Waals surface area contributed by atoms with Crippen LogP contribution in [-0.2, 0) is 17.6 Å². The predicted molar refractivity (Wildman–Crippen MR) is 161 cm³/mol. The van der Waals surface area contributed by atoms with Crippen molar-refractivity contribution in [3.05, 3.63) is 90.4 Å². The summed E-state index contributed by atoms with van der Waals surface area (Å²) in [6.07, 6.45) is 6.48. The van der Waals surface area contributed by atoms with E-state index in [1.807, 2.05) is 21.1 Å². The van der Waals surface area contributed by atoms with Crippen molar-refractivity contribution in [3.8, 4) is 28.5 Å². The van der Waals surface area contributed by atoms with E-state index in [0.29, 0.717) is 46.4 Å². The van der Waals surface area contributed by atoms with Crippen LogP contribution in [0.15, 0.2) is 73.2 Å². The monoisotopic (exact) mass is 600 g/mol. The fourth-order valence-electron chi connectivity index (χ4n) is 5.00. The van der Waals surface area contributed by atoms with Gasteiger partial charge in [0.05, 0.1) is 11.4 Å². The molecule has 13 heteroatoms. The van der Waals surface area contributed by atoms with Gasteiger partial charge in [-0.15, -0.1) is 0 Å². The summed E-state index contributed by atoms with van der Waals surface area (Å²) in [4.78, 5) is 17.0. The summed E-state index contributed by atoms with van der Waals surface area (Å²) in [6.45, 7) is 6.92. The van der Waals surface area contributed by atoms with E-state index in [0.717, 1.165) is 30.5 Å². The fourth-order valence-corrected chi connectivity index (χ4v) is 5.84. The second-order valence-electron chi connectivity index (χ2n) is 10.1. The number of anilines is 1. The van der Waals surface area contributed by atoms with Crippen LogP contribution in [0.1, 0.15) is 30.3 Å². The Morgan fingerprint density at radius 3 is 2.63 bits per heavy atom. The van der Waals surface area contributed by atoms with Crippen molar-refractivity contribution in [2.24, 2.45) is 0 Å². The predicted octanol–water partition coefficient (Wildman–Crippen LogP) is 5.13. The third-order valence-corrected chi connectivity index (χ3v) is 8.19. The number of fused-ring (bicyclic) bond motifs is 1. The number of aromatic nitrogens is 6. The maximum Gasteiger partial charge on any atom is 0.164 e. The van der Waals surface area contributed by atoms with Gasteiger partial charge in [0.15, 0.2) is 5.65 Å². The number of halogens is 1. The molecule has 2 atom stereocenters. The molecule has 0 spiro atoms. The van der Waals surface area contributed by atoms with Crippen molar-refractivity contribution in [3.63, 3.8) is 0 Å². The summed E-state index contributed by atoms with van der Waals surface area (Å²) in [5, 5.41) is 7.00. The van der Waals surface area contributed by atoms with Gasteiger partial charge in [-0.2, -0.15) is 5.10 Å². The zero-order chi connectivity index (χ0) is 29.9. The number of ether oxygens (including phenoxy) is 2. The van der Waals surface area contributed by atoms with Crippen LogP contribution in [-0.4, -0.2) is 51.3 Å². The average molecular weight is 601 g/mol. The zero-order valence-corrected chi connectivity index (χ0v) is 24.2. The first kappa shape index (κ1) is 28.4. The minimum atomic E-state index is -1.26. The molecule has 43 heavy (non-hydrogen) atoms. The van der Waals surface area contributed by atoms with Gasteiger partial charge in [0.1, 0.15) is 64.3 Å². The Balaban J connectivity index is 1.23. The summed E-state index contributed by atoms with van der Waals surface area (Å²) >= 11 is 0. The number of aryl methyl sites for hydroxylation is 1. The highest BCUT2D eigenvalue weighted by Crippen LogP contribution is 2.35. The van der Waals surface area contributed by atoms with Gasteiger partial charge < -0.3 is 15.2 Å². The van der Waals surface area contributed by atoms with Gasteiger partial charge in [-0.25, -0.2) is 37.5 Å². The summed E-state index contributed by atoms with van der Waals surface area (Å²) in [5.41, 5.74) is 9.10. The van der Waals surface area contributed by atoms with E-state index in [9.17, 15) is 8.60 Å². The Bertz CT molecular complexity index is 1800. The molecule has 0 aliphatic carbocycles. The highest BCUT2D eigenvalue weighted by Gasteiger charge is 2.28. The maximum atomic E-state index is 14.4. The Labute approximate surface area is 249 Å². The second kappa shape index (κ2) is 12.2. The Hall–Kier alpha value is -4.75.